The molecule has 0 aliphatic carbocycles. The third kappa shape index (κ3) is 1.77. The van der Waals surface area contributed by atoms with Gasteiger partial charge in [0.2, 0.25) is 0 Å². The number of hydrogen-bond acceptors (Lipinski definition) is 3. The minimum absolute atomic E-state index is 0.0972. The molecule has 1 N–H and O–H groups in total. The normalized spacial score (nSPS) is 45.3. The van der Waals surface area contributed by atoms with Crippen molar-refractivity contribution in [2.24, 2.45) is 0 Å². The van der Waals surface area contributed by atoms with E-state index in [2.05, 4.69) is 6.58 Å². The molecular weight excluding hydrogens is 168 g/mol. The summed E-state index contributed by atoms with van der Waals surface area (Å²) in [5.41, 5.74) is 0. The Balaban J connectivity index is 2.00. The Morgan fingerprint density at radius 3 is 3.00 bits per heavy atom. The van der Waals surface area contributed by atoms with Crippen LogP contribution >= 0.6 is 0 Å². The first-order valence-corrected chi connectivity index (χ1v) is 4.89. The van der Waals surface area contributed by atoms with Gasteiger partial charge in [0, 0.05) is 13.0 Å². The number of fused-ring (bicyclic) bond motifs is 1. The molecule has 3 nitrogen and oxygen atoms in total. The van der Waals surface area contributed by atoms with Crippen LogP contribution in [0.5, 0.6) is 0 Å². The topological polar surface area (TPSA) is 38.7 Å². The fourth-order valence-corrected chi connectivity index (χ4v) is 2.07. The van der Waals surface area contributed by atoms with Crippen LogP contribution in [-0.2, 0) is 9.47 Å². The summed E-state index contributed by atoms with van der Waals surface area (Å²) in [6, 6.07) is 0. The summed E-state index contributed by atoms with van der Waals surface area (Å²) in [5, 5.41) is 9.63. The minimum Gasteiger partial charge on any atom is -0.390 e. The van der Waals surface area contributed by atoms with E-state index in [4.69, 9.17) is 9.47 Å². The average molecular weight is 184 g/mol. The van der Waals surface area contributed by atoms with Gasteiger partial charge in [0.15, 0.2) is 0 Å². The molecule has 4 atom stereocenters. The van der Waals surface area contributed by atoms with Crippen LogP contribution in [0.25, 0.3) is 0 Å². The maximum absolute atomic E-state index is 9.63. The molecule has 0 bridgehead atoms. The van der Waals surface area contributed by atoms with Crippen LogP contribution < -0.4 is 0 Å². The predicted molar refractivity (Wildman–Crippen MR) is 48.5 cm³/mol. The largest absolute Gasteiger partial charge is 0.390 e. The van der Waals surface area contributed by atoms with Crippen LogP contribution in [0, 0.1) is 0 Å². The first kappa shape index (κ1) is 9.19. The third-order valence-electron chi connectivity index (χ3n) is 2.80. The maximum atomic E-state index is 9.63. The molecular formula is C10H16O3. The smallest absolute Gasteiger partial charge is 0.102 e. The van der Waals surface area contributed by atoms with Crippen LogP contribution in [0.4, 0.5) is 0 Å². The number of aliphatic hydroxyl groups excluding tert-OH is 1. The van der Waals surface area contributed by atoms with Gasteiger partial charge in [0.1, 0.15) is 6.10 Å². The average Bonchev–Trinajstić information content (AvgIpc) is 2.17. The molecule has 0 amide bonds. The first-order chi connectivity index (χ1) is 6.31. The number of hydrogen-bond donors (Lipinski definition) is 1. The van der Waals surface area contributed by atoms with E-state index >= 15 is 0 Å². The Bertz CT molecular complexity index is 193. The zero-order valence-electron chi connectivity index (χ0n) is 7.69. The Labute approximate surface area is 78.3 Å². The molecule has 2 fully saturated rings. The summed E-state index contributed by atoms with van der Waals surface area (Å²) >= 11 is 0. The highest BCUT2D eigenvalue weighted by Gasteiger charge is 2.37. The van der Waals surface area contributed by atoms with Crippen LogP contribution in [0.1, 0.15) is 19.3 Å². The van der Waals surface area contributed by atoms with Crippen LogP contribution in [0.3, 0.4) is 0 Å². The Morgan fingerprint density at radius 2 is 2.23 bits per heavy atom. The van der Waals surface area contributed by atoms with Crippen LogP contribution in [-0.4, -0.2) is 36.1 Å². The van der Waals surface area contributed by atoms with E-state index in [-0.39, 0.29) is 18.3 Å². The van der Waals surface area contributed by atoms with Crippen LogP contribution in [0.15, 0.2) is 12.7 Å². The van der Waals surface area contributed by atoms with Crippen molar-refractivity contribution in [1.29, 1.82) is 0 Å². The quantitative estimate of drug-likeness (QED) is 0.614. The van der Waals surface area contributed by atoms with Gasteiger partial charge in [-0.05, 0) is 12.8 Å². The third-order valence-corrected chi connectivity index (χ3v) is 2.80. The molecule has 74 valence electrons. The van der Waals surface area contributed by atoms with E-state index < -0.39 is 6.10 Å². The highest BCUT2D eigenvalue weighted by Crippen LogP contribution is 2.29. The lowest BCUT2D eigenvalue weighted by atomic mass is 9.94. The van der Waals surface area contributed by atoms with Gasteiger partial charge in [-0.2, -0.15) is 0 Å². The van der Waals surface area contributed by atoms with Gasteiger partial charge in [-0.15, -0.1) is 6.58 Å². The van der Waals surface area contributed by atoms with Crippen molar-refractivity contribution in [3.8, 4) is 0 Å². The molecule has 0 aromatic rings. The molecule has 2 heterocycles. The standard InChI is InChI=1S/C10H16O3/c1-2-8-7(11)6-10-9(13-8)4-3-5-12-10/h2,7-11H,1,3-6H2/t7?,8-,9+,10-/m1/s1. The summed E-state index contributed by atoms with van der Waals surface area (Å²) in [6.07, 6.45) is 4.07. The zero-order valence-corrected chi connectivity index (χ0v) is 7.69. The molecule has 3 heteroatoms. The SMILES string of the molecule is C=C[C@H]1O[C@H]2CCCO[C@@H]2CC1O. The number of aliphatic hydroxyl groups is 1. The second kappa shape index (κ2) is 3.78. The monoisotopic (exact) mass is 184 g/mol. The summed E-state index contributed by atoms with van der Waals surface area (Å²) < 4.78 is 11.2. The van der Waals surface area contributed by atoms with E-state index in [0.717, 1.165) is 19.4 Å². The lowest BCUT2D eigenvalue weighted by molar-refractivity contribution is -0.188. The van der Waals surface area contributed by atoms with E-state index in [0.29, 0.717) is 6.42 Å². The van der Waals surface area contributed by atoms with Gasteiger partial charge >= 0.3 is 0 Å². The van der Waals surface area contributed by atoms with Crippen molar-refractivity contribution in [3.63, 3.8) is 0 Å². The zero-order chi connectivity index (χ0) is 9.26. The minimum atomic E-state index is -0.447. The Kier molecular flexibility index (Phi) is 2.67. The molecule has 2 rings (SSSR count). The van der Waals surface area contributed by atoms with E-state index in [1.54, 1.807) is 6.08 Å². The molecule has 0 spiro atoms. The highest BCUT2D eigenvalue weighted by atomic mass is 16.6. The highest BCUT2D eigenvalue weighted by molar-refractivity contribution is 4.95. The molecule has 2 saturated heterocycles. The van der Waals surface area contributed by atoms with E-state index in [1.807, 2.05) is 0 Å². The maximum Gasteiger partial charge on any atom is 0.102 e. The Hall–Kier alpha value is -0.380. The second-order valence-corrected chi connectivity index (χ2v) is 3.73. The van der Waals surface area contributed by atoms with E-state index in [9.17, 15) is 5.11 Å². The van der Waals surface area contributed by atoms with Gasteiger partial charge in [-0.1, -0.05) is 6.08 Å². The second-order valence-electron chi connectivity index (χ2n) is 3.73. The molecule has 13 heavy (non-hydrogen) atoms. The summed E-state index contributed by atoms with van der Waals surface area (Å²) in [7, 11) is 0. The van der Waals surface area contributed by atoms with Crippen molar-refractivity contribution in [1.82, 2.24) is 0 Å². The lowest BCUT2D eigenvalue weighted by Crippen LogP contribution is -2.49. The van der Waals surface area contributed by atoms with Crippen molar-refractivity contribution < 1.29 is 14.6 Å². The summed E-state index contributed by atoms with van der Waals surface area (Å²) in [5.74, 6) is 0. The van der Waals surface area contributed by atoms with Gasteiger partial charge in [0.25, 0.3) is 0 Å². The summed E-state index contributed by atoms with van der Waals surface area (Å²) in [4.78, 5) is 0. The lowest BCUT2D eigenvalue weighted by Gasteiger charge is -2.40. The van der Waals surface area contributed by atoms with Crippen LogP contribution in [0.2, 0.25) is 0 Å². The molecule has 2 aliphatic rings. The number of ether oxygens (including phenoxy) is 2. The molecule has 1 unspecified atom stereocenters. The molecule has 0 saturated carbocycles. The van der Waals surface area contributed by atoms with Gasteiger partial charge in [0.05, 0.1) is 18.3 Å². The summed E-state index contributed by atoms with van der Waals surface area (Å²) in [6.45, 7) is 4.45. The van der Waals surface area contributed by atoms with Crippen molar-refractivity contribution >= 4 is 0 Å². The fraction of sp³-hybridized carbons (Fsp3) is 0.800. The van der Waals surface area contributed by atoms with Crippen molar-refractivity contribution in [2.75, 3.05) is 6.61 Å². The van der Waals surface area contributed by atoms with Gasteiger partial charge in [-0.3, -0.25) is 0 Å². The van der Waals surface area contributed by atoms with Gasteiger partial charge < -0.3 is 14.6 Å². The Morgan fingerprint density at radius 1 is 1.38 bits per heavy atom. The molecule has 0 aromatic carbocycles. The van der Waals surface area contributed by atoms with Gasteiger partial charge in [-0.25, -0.2) is 0 Å². The fourth-order valence-electron chi connectivity index (χ4n) is 2.07. The molecule has 0 radical (unpaired) electrons. The van der Waals surface area contributed by atoms with Crippen molar-refractivity contribution in [3.05, 3.63) is 12.7 Å². The molecule has 0 aromatic heterocycles. The predicted octanol–water partition coefficient (Wildman–Crippen LogP) is 0.870. The number of rotatable bonds is 1. The van der Waals surface area contributed by atoms with E-state index in [1.165, 1.54) is 0 Å². The first-order valence-electron chi connectivity index (χ1n) is 4.89. The van der Waals surface area contributed by atoms with Crippen molar-refractivity contribution in [2.45, 2.75) is 43.7 Å². The molecule has 2 aliphatic heterocycles.